The van der Waals surface area contributed by atoms with Crippen molar-refractivity contribution in [1.29, 1.82) is 0 Å². The maximum atomic E-state index is 13.2. The van der Waals surface area contributed by atoms with Gasteiger partial charge in [0, 0.05) is 4.47 Å². The Morgan fingerprint density at radius 2 is 1.72 bits per heavy atom. The van der Waals surface area contributed by atoms with E-state index >= 15 is 0 Å². The van der Waals surface area contributed by atoms with Crippen molar-refractivity contribution in [3.8, 4) is 11.5 Å². The first-order chi connectivity index (χ1) is 17.3. The first-order valence-electron chi connectivity index (χ1n) is 11.1. The number of imide groups is 2. The molecular formula is C27H22Br2N2O5. The molecule has 0 spiro atoms. The molecule has 7 nitrogen and oxygen atoms in total. The number of rotatable bonds is 7. The van der Waals surface area contributed by atoms with E-state index in [9.17, 15) is 14.4 Å². The molecule has 0 aromatic heterocycles. The first kappa shape index (κ1) is 25.7. The highest BCUT2D eigenvalue weighted by Crippen LogP contribution is 2.38. The Hall–Kier alpha value is -3.43. The van der Waals surface area contributed by atoms with Crippen LogP contribution in [0.5, 0.6) is 11.5 Å². The van der Waals surface area contributed by atoms with Crippen molar-refractivity contribution >= 4 is 61.5 Å². The zero-order chi connectivity index (χ0) is 25.8. The lowest BCUT2D eigenvalue weighted by atomic mass is 10.1. The van der Waals surface area contributed by atoms with Crippen LogP contribution in [0.2, 0.25) is 0 Å². The maximum absolute atomic E-state index is 13.2. The SMILES string of the molecule is CCOc1cc(/C=C2\C(=O)NC(=O)N(c3cccc(C)c3)C2=O)cc(Br)c1OCc1ccc(Br)cc1. The maximum Gasteiger partial charge on any atom is 0.335 e. The number of anilines is 1. The third-order valence-electron chi connectivity index (χ3n) is 5.30. The number of hydrogen-bond donors (Lipinski definition) is 1. The summed E-state index contributed by atoms with van der Waals surface area (Å²) < 4.78 is 13.4. The van der Waals surface area contributed by atoms with Gasteiger partial charge in [-0.15, -0.1) is 0 Å². The Morgan fingerprint density at radius 3 is 2.42 bits per heavy atom. The van der Waals surface area contributed by atoms with Crippen LogP contribution in [0.1, 0.15) is 23.6 Å². The largest absolute Gasteiger partial charge is 0.490 e. The van der Waals surface area contributed by atoms with E-state index in [1.54, 1.807) is 30.3 Å². The van der Waals surface area contributed by atoms with Crippen LogP contribution in [0.4, 0.5) is 10.5 Å². The summed E-state index contributed by atoms with van der Waals surface area (Å²) in [6, 6.07) is 17.3. The summed E-state index contributed by atoms with van der Waals surface area (Å²) in [5, 5.41) is 2.24. The Labute approximate surface area is 225 Å². The molecular weight excluding hydrogens is 592 g/mol. The summed E-state index contributed by atoms with van der Waals surface area (Å²) >= 11 is 6.94. The second kappa shape index (κ2) is 11.1. The van der Waals surface area contributed by atoms with Gasteiger partial charge in [0.05, 0.1) is 16.8 Å². The van der Waals surface area contributed by atoms with Gasteiger partial charge in [0.25, 0.3) is 11.8 Å². The lowest BCUT2D eigenvalue weighted by Gasteiger charge is -2.26. The van der Waals surface area contributed by atoms with Crippen molar-refractivity contribution in [1.82, 2.24) is 5.32 Å². The predicted octanol–water partition coefficient (Wildman–Crippen LogP) is 6.16. The topological polar surface area (TPSA) is 84.9 Å². The quantitative estimate of drug-likeness (QED) is 0.255. The van der Waals surface area contributed by atoms with Crippen LogP contribution in [0.3, 0.4) is 0 Å². The van der Waals surface area contributed by atoms with Crippen LogP contribution in [-0.4, -0.2) is 24.5 Å². The molecule has 1 saturated heterocycles. The number of ether oxygens (including phenoxy) is 2. The number of carbonyl (C=O) groups is 3. The first-order valence-corrected chi connectivity index (χ1v) is 12.7. The van der Waals surface area contributed by atoms with E-state index in [1.165, 1.54) is 6.08 Å². The molecule has 1 N–H and O–H groups in total. The Bertz CT molecular complexity index is 1370. The van der Waals surface area contributed by atoms with E-state index < -0.39 is 17.8 Å². The molecule has 0 saturated carbocycles. The summed E-state index contributed by atoms with van der Waals surface area (Å²) in [5.74, 6) is -0.526. The van der Waals surface area contributed by atoms with Gasteiger partial charge in [0.1, 0.15) is 12.2 Å². The third-order valence-corrected chi connectivity index (χ3v) is 6.42. The van der Waals surface area contributed by atoms with E-state index in [-0.39, 0.29) is 5.57 Å². The van der Waals surface area contributed by atoms with Crippen LogP contribution >= 0.6 is 31.9 Å². The van der Waals surface area contributed by atoms with Gasteiger partial charge in [-0.05, 0) is 88.9 Å². The number of halogens is 2. The number of nitrogens with zero attached hydrogens (tertiary/aromatic N) is 1. The van der Waals surface area contributed by atoms with Gasteiger partial charge in [-0.3, -0.25) is 14.9 Å². The molecule has 3 aromatic rings. The zero-order valence-corrected chi connectivity index (χ0v) is 22.7. The monoisotopic (exact) mass is 612 g/mol. The molecule has 1 aliphatic rings. The van der Waals surface area contributed by atoms with Crippen LogP contribution in [0.25, 0.3) is 6.08 Å². The lowest BCUT2D eigenvalue weighted by Crippen LogP contribution is -2.54. The van der Waals surface area contributed by atoms with Crippen LogP contribution in [-0.2, 0) is 16.2 Å². The summed E-state index contributed by atoms with van der Waals surface area (Å²) in [7, 11) is 0. The fourth-order valence-corrected chi connectivity index (χ4v) is 4.47. The van der Waals surface area contributed by atoms with Gasteiger partial charge in [0.15, 0.2) is 11.5 Å². The Balaban J connectivity index is 1.66. The number of barbiturate groups is 1. The van der Waals surface area contributed by atoms with Crippen molar-refractivity contribution < 1.29 is 23.9 Å². The van der Waals surface area contributed by atoms with Gasteiger partial charge >= 0.3 is 6.03 Å². The molecule has 0 unspecified atom stereocenters. The fourth-order valence-electron chi connectivity index (χ4n) is 3.64. The standard InChI is InChI=1S/C27H22Br2N2O5/c1-3-35-23-14-18(13-22(29)24(23)36-15-17-7-9-19(28)10-8-17)12-21-25(32)30-27(34)31(26(21)33)20-6-4-5-16(2)11-20/h4-14H,3,15H2,1-2H3,(H,30,32,34)/b21-12+. The normalized spacial score (nSPS) is 14.7. The second-order valence-electron chi connectivity index (χ2n) is 7.97. The van der Waals surface area contributed by atoms with Gasteiger partial charge in [-0.1, -0.05) is 40.2 Å². The minimum Gasteiger partial charge on any atom is -0.490 e. The lowest BCUT2D eigenvalue weighted by molar-refractivity contribution is -0.122. The molecule has 4 rings (SSSR count). The number of amides is 4. The van der Waals surface area contributed by atoms with Crippen LogP contribution < -0.4 is 19.7 Å². The fraction of sp³-hybridized carbons (Fsp3) is 0.148. The average Bonchev–Trinajstić information content (AvgIpc) is 2.82. The van der Waals surface area contributed by atoms with Crippen molar-refractivity contribution in [2.45, 2.75) is 20.5 Å². The van der Waals surface area contributed by atoms with Gasteiger partial charge in [0.2, 0.25) is 0 Å². The summed E-state index contributed by atoms with van der Waals surface area (Å²) in [6.07, 6.45) is 1.43. The molecule has 184 valence electrons. The molecule has 4 amide bonds. The van der Waals surface area contributed by atoms with E-state index in [1.807, 2.05) is 44.2 Å². The van der Waals surface area contributed by atoms with Gasteiger partial charge < -0.3 is 9.47 Å². The van der Waals surface area contributed by atoms with E-state index in [0.717, 1.165) is 20.5 Å². The smallest absolute Gasteiger partial charge is 0.335 e. The number of nitrogens with one attached hydrogen (secondary N) is 1. The van der Waals surface area contributed by atoms with Crippen molar-refractivity contribution in [3.05, 3.63) is 91.9 Å². The molecule has 3 aromatic carbocycles. The van der Waals surface area contributed by atoms with E-state index in [2.05, 4.69) is 37.2 Å². The summed E-state index contributed by atoms with van der Waals surface area (Å²) in [4.78, 5) is 39.2. The van der Waals surface area contributed by atoms with Crippen molar-refractivity contribution in [2.24, 2.45) is 0 Å². The van der Waals surface area contributed by atoms with Crippen molar-refractivity contribution in [3.63, 3.8) is 0 Å². The Kier molecular flexibility index (Phi) is 7.91. The average molecular weight is 614 g/mol. The molecule has 0 aliphatic carbocycles. The number of benzene rings is 3. The van der Waals surface area contributed by atoms with Crippen molar-refractivity contribution in [2.75, 3.05) is 11.5 Å². The molecule has 1 fully saturated rings. The highest BCUT2D eigenvalue weighted by molar-refractivity contribution is 9.10. The van der Waals surface area contributed by atoms with Crippen LogP contribution in [0.15, 0.2) is 75.2 Å². The highest BCUT2D eigenvalue weighted by Gasteiger charge is 2.36. The summed E-state index contributed by atoms with van der Waals surface area (Å²) in [6.45, 7) is 4.41. The molecule has 0 atom stereocenters. The molecule has 1 aliphatic heterocycles. The molecule has 1 heterocycles. The summed E-state index contributed by atoms with van der Waals surface area (Å²) in [5.41, 5.74) is 2.58. The molecule has 9 heteroatoms. The molecule has 0 radical (unpaired) electrons. The number of hydrogen-bond acceptors (Lipinski definition) is 5. The highest BCUT2D eigenvalue weighted by atomic mass is 79.9. The second-order valence-corrected chi connectivity index (χ2v) is 9.75. The number of carbonyl (C=O) groups excluding carboxylic acids is 3. The number of urea groups is 1. The minimum absolute atomic E-state index is 0.172. The van der Waals surface area contributed by atoms with E-state index in [0.29, 0.717) is 40.4 Å². The molecule has 36 heavy (non-hydrogen) atoms. The zero-order valence-electron chi connectivity index (χ0n) is 19.5. The molecule has 0 bridgehead atoms. The third kappa shape index (κ3) is 5.68. The Morgan fingerprint density at radius 1 is 0.972 bits per heavy atom. The minimum atomic E-state index is -0.791. The van der Waals surface area contributed by atoms with Gasteiger partial charge in [-0.25, -0.2) is 9.69 Å². The number of aryl methyl sites for hydroxylation is 1. The van der Waals surface area contributed by atoms with Crippen LogP contribution in [0, 0.1) is 6.92 Å². The van der Waals surface area contributed by atoms with E-state index in [4.69, 9.17) is 9.47 Å². The predicted molar refractivity (Wildman–Crippen MR) is 144 cm³/mol. The van der Waals surface area contributed by atoms with Gasteiger partial charge in [-0.2, -0.15) is 0 Å².